The molecular weight excluding hydrogens is 392 g/mol. The van der Waals surface area contributed by atoms with Crippen LogP contribution in [0, 0.1) is 16.0 Å². The third-order valence-electron chi connectivity index (χ3n) is 4.94. The van der Waals surface area contributed by atoms with Gasteiger partial charge in [-0.25, -0.2) is 19.6 Å². The van der Waals surface area contributed by atoms with Crippen LogP contribution in [-0.4, -0.2) is 53.8 Å². The molecule has 4 rings (SSSR count). The Labute approximate surface area is 170 Å². The van der Waals surface area contributed by atoms with Gasteiger partial charge in [-0.3, -0.25) is 14.9 Å². The van der Waals surface area contributed by atoms with E-state index in [0.717, 1.165) is 5.69 Å². The maximum absolute atomic E-state index is 11.8. The van der Waals surface area contributed by atoms with Crippen LogP contribution in [0.5, 0.6) is 0 Å². The lowest BCUT2D eigenvalue weighted by atomic mass is 9.97. The number of anilines is 3. The topological polar surface area (TPSA) is 152 Å². The van der Waals surface area contributed by atoms with Crippen molar-refractivity contribution in [1.29, 1.82) is 0 Å². The summed E-state index contributed by atoms with van der Waals surface area (Å²) in [5.74, 6) is -1.04. The summed E-state index contributed by atoms with van der Waals surface area (Å²) in [6.07, 6.45) is 5.07. The average Bonchev–Trinajstić information content (AvgIpc) is 3.29. The molecule has 12 nitrogen and oxygen atoms in total. The van der Waals surface area contributed by atoms with E-state index in [-0.39, 0.29) is 17.3 Å². The number of carboxylic acid groups (broad SMARTS) is 1. The van der Waals surface area contributed by atoms with E-state index in [2.05, 4.69) is 25.4 Å². The highest BCUT2D eigenvalue weighted by Crippen LogP contribution is 2.35. The number of aromatic nitrogens is 5. The molecule has 0 spiro atoms. The Morgan fingerprint density at radius 2 is 1.90 bits per heavy atom. The van der Waals surface area contributed by atoms with Crippen LogP contribution in [0.15, 0.2) is 43.2 Å². The zero-order valence-electron chi connectivity index (χ0n) is 15.7. The Bertz CT molecular complexity index is 1050. The van der Waals surface area contributed by atoms with Crippen LogP contribution in [0.3, 0.4) is 0 Å². The monoisotopic (exact) mass is 410 g/mol. The fourth-order valence-electron chi connectivity index (χ4n) is 3.37. The molecular formula is C18H18N8O4. The average molecular weight is 410 g/mol. The Morgan fingerprint density at radius 1 is 1.17 bits per heavy atom. The first-order valence-corrected chi connectivity index (χ1v) is 9.22. The van der Waals surface area contributed by atoms with Crippen LogP contribution in [-0.2, 0) is 4.79 Å². The molecule has 0 atom stereocenters. The number of aliphatic carboxylic acids is 1. The number of nitro groups is 1. The van der Waals surface area contributed by atoms with Crippen LogP contribution >= 0.6 is 0 Å². The highest BCUT2D eigenvalue weighted by Gasteiger charge is 2.31. The summed E-state index contributed by atoms with van der Waals surface area (Å²) in [5, 5.41) is 28.0. The number of piperidine rings is 1. The minimum atomic E-state index is -0.844. The van der Waals surface area contributed by atoms with E-state index in [1.165, 1.54) is 12.7 Å². The standard InChI is InChI=1S/C18H18N8O4/c27-18(28)12-5-7-24(8-6-12)17-15(26(29)30)16(20-10-21-17)23-13-1-3-14(4-2-13)25-11-19-9-22-25/h1-4,9-12H,5-8H2,(H,27,28)(H,20,21,23). The van der Waals surface area contributed by atoms with Gasteiger partial charge in [0.05, 0.1) is 16.5 Å². The van der Waals surface area contributed by atoms with Crippen LogP contribution in [0.4, 0.5) is 23.0 Å². The first-order chi connectivity index (χ1) is 14.5. The molecule has 12 heteroatoms. The van der Waals surface area contributed by atoms with Gasteiger partial charge in [-0.05, 0) is 37.1 Å². The van der Waals surface area contributed by atoms with Crippen molar-refractivity contribution in [2.45, 2.75) is 12.8 Å². The Hall–Kier alpha value is -4.09. The predicted molar refractivity (Wildman–Crippen MR) is 106 cm³/mol. The molecule has 2 aromatic heterocycles. The van der Waals surface area contributed by atoms with Gasteiger partial charge in [0.1, 0.15) is 19.0 Å². The molecule has 0 saturated carbocycles. The maximum Gasteiger partial charge on any atom is 0.353 e. The third-order valence-corrected chi connectivity index (χ3v) is 4.94. The summed E-state index contributed by atoms with van der Waals surface area (Å²) in [6.45, 7) is 0.752. The van der Waals surface area contributed by atoms with E-state index in [4.69, 9.17) is 5.11 Å². The van der Waals surface area contributed by atoms with Crippen LogP contribution in [0.2, 0.25) is 0 Å². The lowest BCUT2D eigenvalue weighted by Gasteiger charge is -2.30. The lowest BCUT2D eigenvalue weighted by Crippen LogP contribution is -2.37. The molecule has 1 aliphatic heterocycles. The molecule has 0 aliphatic carbocycles. The molecule has 0 unspecified atom stereocenters. The van der Waals surface area contributed by atoms with Crippen molar-refractivity contribution in [2.75, 3.05) is 23.3 Å². The van der Waals surface area contributed by atoms with Gasteiger partial charge in [0.15, 0.2) is 0 Å². The molecule has 2 N–H and O–H groups in total. The minimum absolute atomic E-state index is 0.0684. The molecule has 1 aromatic carbocycles. The normalized spacial score (nSPS) is 14.5. The summed E-state index contributed by atoms with van der Waals surface area (Å²) in [6, 6.07) is 7.09. The molecule has 3 heterocycles. The second-order valence-corrected chi connectivity index (χ2v) is 6.76. The second kappa shape index (κ2) is 8.11. The molecule has 0 bridgehead atoms. The summed E-state index contributed by atoms with van der Waals surface area (Å²) in [4.78, 5) is 36.2. The first-order valence-electron chi connectivity index (χ1n) is 9.22. The minimum Gasteiger partial charge on any atom is -0.481 e. The summed E-state index contributed by atoms with van der Waals surface area (Å²) in [7, 11) is 0. The quantitative estimate of drug-likeness (QED) is 0.456. The largest absolute Gasteiger partial charge is 0.481 e. The van der Waals surface area contributed by atoms with Crippen molar-refractivity contribution in [3.05, 3.63) is 53.4 Å². The fourth-order valence-corrected chi connectivity index (χ4v) is 3.37. The molecule has 1 fully saturated rings. The van der Waals surface area contributed by atoms with Crippen molar-refractivity contribution in [3.63, 3.8) is 0 Å². The highest BCUT2D eigenvalue weighted by atomic mass is 16.6. The number of nitrogens with one attached hydrogen (secondary N) is 1. The summed E-state index contributed by atoms with van der Waals surface area (Å²) >= 11 is 0. The number of benzene rings is 1. The van der Waals surface area contributed by atoms with Crippen LogP contribution in [0.1, 0.15) is 12.8 Å². The number of hydrogen-bond acceptors (Lipinski definition) is 9. The van der Waals surface area contributed by atoms with Gasteiger partial charge >= 0.3 is 11.7 Å². The predicted octanol–water partition coefficient (Wildman–Crippen LogP) is 2.01. The second-order valence-electron chi connectivity index (χ2n) is 6.76. The van der Waals surface area contributed by atoms with E-state index in [1.54, 1.807) is 40.2 Å². The Morgan fingerprint density at radius 3 is 2.50 bits per heavy atom. The van der Waals surface area contributed by atoms with E-state index < -0.39 is 16.8 Å². The molecule has 154 valence electrons. The van der Waals surface area contributed by atoms with Crippen molar-refractivity contribution in [3.8, 4) is 5.69 Å². The molecule has 1 aliphatic rings. The number of carboxylic acids is 1. The van der Waals surface area contributed by atoms with Crippen molar-refractivity contribution in [1.82, 2.24) is 24.7 Å². The van der Waals surface area contributed by atoms with E-state index in [1.807, 2.05) is 0 Å². The number of carbonyl (C=O) groups is 1. The Balaban J connectivity index is 1.57. The van der Waals surface area contributed by atoms with Gasteiger partial charge < -0.3 is 15.3 Å². The molecule has 1 saturated heterocycles. The SMILES string of the molecule is O=C(O)C1CCN(c2ncnc(Nc3ccc(-n4cncn4)cc3)c2[N+](=O)[O-])CC1. The van der Waals surface area contributed by atoms with Gasteiger partial charge in [0, 0.05) is 18.8 Å². The summed E-state index contributed by atoms with van der Waals surface area (Å²) in [5.41, 5.74) is 1.15. The number of rotatable bonds is 6. The molecule has 0 radical (unpaired) electrons. The van der Waals surface area contributed by atoms with Gasteiger partial charge in [-0.1, -0.05) is 0 Å². The zero-order chi connectivity index (χ0) is 21.1. The smallest absolute Gasteiger partial charge is 0.353 e. The number of hydrogen-bond donors (Lipinski definition) is 2. The van der Waals surface area contributed by atoms with Crippen molar-refractivity contribution < 1.29 is 14.8 Å². The van der Waals surface area contributed by atoms with Gasteiger partial charge in [0.25, 0.3) is 0 Å². The van der Waals surface area contributed by atoms with Crippen LogP contribution in [0.25, 0.3) is 5.69 Å². The summed E-state index contributed by atoms with van der Waals surface area (Å²) < 4.78 is 1.59. The molecule has 0 amide bonds. The van der Waals surface area contributed by atoms with Gasteiger partial charge in [0.2, 0.25) is 11.6 Å². The lowest BCUT2D eigenvalue weighted by molar-refractivity contribution is -0.383. The fraction of sp³-hybridized carbons (Fsp3) is 0.278. The number of nitrogens with zero attached hydrogens (tertiary/aromatic N) is 7. The molecule has 30 heavy (non-hydrogen) atoms. The van der Waals surface area contributed by atoms with E-state index in [0.29, 0.717) is 31.6 Å². The van der Waals surface area contributed by atoms with Gasteiger partial charge in [-0.15, -0.1) is 0 Å². The van der Waals surface area contributed by atoms with Crippen molar-refractivity contribution in [2.24, 2.45) is 5.92 Å². The third kappa shape index (κ3) is 3.87. The van der Waals surface area contributed by atoms with E-state index in [9.17, 15) is 14.9 Å². The maximum atomic E-state index is 11.8. The zero-order valence-corrected chi connectivity index (χ0v) is 15.7. The van der Waals surface area contributed by atoms with Gasteiger partial charge in [-0.2, -0.15) is 5.10 Å². The Kier molecular flexibility index (Phi) is 5.20. The molecule has 3 aromatic rings. The highest BCUT2D eigenvalue weighted by molar-refractivity contribution is 5.75. The van der Waals surface area contributed by atoms with Crippen LogP contribution < -0.4 is 10.2 Å². The first kappa shape index (κ1) is 19.2. The van der Waals surface area contributed by atoms with E-state index >= 15 is 0 Å². The van der Waals surface area contributed by atoms with Crippen molar-refractivity contribution >= 4 is 29.0 Å².